The third-order valence-corrected chi connectivity index (χ3v) is 4.73. The average molecular weight is 393 g/mol. The monoisotopic (exact) mass is 391 g/mol. The molecule has 7 heteroatoms. The Morgan fingerprint density at radius 1 is 1.28 bits per heavy atom. The Kier molecular flexibility index (Phi) is 4.36. The van der Waals surface area contributed by atoms with E-state index in [1.807, 2.05) is 11.4 Å². The number of thiophene rings is 1. The van der Waals surface area contributed by atoms with Gasteiger partial charge in [0, 0.05) is 10.5 Å². The van der Waals surface area contributed by atoms with Crippen LogP contribution in [-0.4, -0.2) is 4.92 Å². The number of nitro benzene ring substituents is 1. The molecule has 0 spiro atoms. The second kappa shape index (κ2) is 5.81. The van der Waals surface area contributed by atoms with E-state index in [1.165, 1.54) is 12.1 Å². The van der Waals surface area contributed by atoms with Crippen molar-refractivity contribution in [2.24, 2.45) is 0 Å². The first-order valence-electron chi connectivity index (χ1n) is 4.86. The van der Waals surface area contributed by atoms with Gasteiger partial charge in [0.15, 0.2) is 0 Å². The van der Waals surface area contributed by atoms with Crippen molar-refractivity contribution >= 4 is 48.9 Å². The lowest BCUT2D eigenvalue weighted by atomic mass is 10.3. The van der Waals surface area contributed by atoms with Gasteiger partial charge in [-0.05, 0) is 49.4 Å². The van der Waals surface area contributed by atoms with Gasteiger partial charge in [-0.15, -0.1) is 11.3 Å². The van der Waals surface area contributed by atoms with Crippen molar-refractivity contribution in [3.63, 3.8) is 0 Å². The van der Waals surface area contributed by atoms with Gasteiger partial charge in [-0.3, -0.25) is 10.1 Å². The first-order valence-corrected chi connectivity index (χ1v) is 7.33. The summed E-state index contributed by atoms with van der Waals surface area (Å²) < 4.78 is 7.26. The maximum absolute atomic E-state index is 10.7. The molecular formula is C11H7Br2NO3S. The fourth-order valence-electron chi connectivity index (χ4n) is 1.29. The van der Waals surface area contributed by atoms with Crippen molar-refractivity contribution in [3.8, 4) is 5.75 Å². The van der Waals surface area contributed by atoms with Gasteiger partial charge in [-0.2, -0.15) is 0 Å². The van der Waals surface area contributed by atoms with Crippen molar-refractivity contribution in [2.75, 3.05) is 0 Å². The largest absolute Gasteiger partial charge is 0.487 e. The molecule has 4 nitrogen and oxygen atoms in total. The summed E-state index contributed by atoms with van der Waals surface area (Å²) in [6.07, 6.45) is 0. The summed E-state index contributed by atoms with van der Waals surface area (Å²) >= 11 is 8.28. The van der Waals surface area contributed by atoms with Crippen molar-refractivity contribution in [3.05, 3.63) is 53.6 Å². The van der Waals surface area contributed by atoms with Crippen LogP contribution in [0.25, 0.3) is 0 Å². The molecule has 2 rings (SSSR count). The lowest BCUT2D eigenvalue weighted by molar-refractivity contribution is -0.385. The topological polar surface area (TPSA) is 52.4 Å². The Hall–Kier alpha value is -0.920. The van der Waals surface area contributed by atoms with Gasteiger partial charge in [0.2, 0.25) is 0 Å². The molecule has 0 atom stereocenters. The van der Waals surface area contributed by atoms with E-state index in [0.717, 1.165) is 9.35 Å². The molecule has 0 aliphatic carbocycles. The smallest absolute Gasteiger partial charge is 0.273 e. The number of hydrogen-bond donors (Lipinski definition) is 0. The Balaban J connectivity index is 2.16. The van der Waals surface area contributed by atoms with E-state index in [-0.39, 0.29) is 5.69 Å². The van der Waals surface area contributed by atoms with Crippen LogP contribution in [0.4, 0.5) is 5.69 Å². The summed E-state index contributed by atoms with van der Waals surface area (Å²) in [5, 5.41) is 12.6. The normalized spacial score (nSPS) is 10.3. The van der Waals surface area contributed by atoms with Gasteiger partial charge < -0.3 is 4.74 Å². The number of ether oxygens (including phenoxy) is 1. The zero-order valence-corrected chi connectivity index (χ0v) is 12.9. The Morgan fingerprint density at radius 2 is 2.06 bits per heavy atom. The molecular weight excluding hydrogens is 386 g/mol. The highest BCUT2D eigenvalue weighted by Crippen LogP contribution is 2.31. The maximum Gasteiger partial charge on any atom is 0.273 e. The van der Waals surface area contributed by atoms with Crippen LogP contribution in [0.1, 0.15) is 4.88 Å². The quantitative estimate of drug-likeness (QED) is 0.556. The second-order valence-electron chi connectivity index (χ2n) is 3.35. The van der Waals surface area contributed by atoms with E-state index in [9.17, 15) is 10.1 Å². The number of benzene rings is 1. The summed E-state index contributed by atoms with van der Waals surface area (Å²) in [7, 11) is 0. The number of halogens is 2. The maximum atomic E-state index is 10.7. The van der Waals surface area contributed by atoms with Gasteiger partial charge in [0.1, 0.15) is 12.4 Å². The fraction of sp³-hybridized carbons (Fsp3) is 0.0909. The average Bonchev–Trinajstić information content (AvgIpc) is 2.73. The number of nitrogens with zero attached hydrogens (tertiary/aromatic N) is 1. The van der Waals surface area contributed by atoms with Gasteiger partial charge in [0.05, 0.1) is 20.3 Å². The molecule has 0 aliphatic rings. The number of non-ortho nitro benzene ring substituents is 1. The Labute approximate surface area is 124 Å². The van der Waals surface area contributed by atoms with E-state index >= 15 is 0 Å². The highest BCUT2D eigenvalue weighted by Gasteiger charge is 2.11. The Morgan fingerprint density at radius 3 is 2.67 bits per heavy atom. The molecule has 0 saturated heterocycles. The van der Waals surface area contributed by atoms with Crippen LogP contribution in [0.5, 0.6) is 5.75 Å². The van der Waals surface area contributed by atoms with Crippen LogP contribution in [0.15, 0.2) is 38.6 Å². The number of hydrogen-bond acceptors (Lipinski definition) is 4. The van der Waals surface area contributed by atoms with E-state index < -0.39 is 4.92 Å². The minimum atomic E-state index is -0.444. The molecule has 0 radical (unpaired) electrons. The third kappa shape index (κ3) is 3.09. The van der Waals surface area contributed by atoms with Crippen LogP contribution >= 0.6 is 43.2 Å². The van der Waals surface area contributed by atoms with Crippen molar-refractivity contribution in [1.29, 1.82) is 0 Å². The molecule has 0 bridgehead atoms. The third-order valence-electron chi connectivity index (χ3n) is 2.18. The highest BCUT2D eigenvalue weighted by molar-refractivity contribution is 9.10. The van der Waals surface area contributed by atoms with Gasteiger partial charge in [-0.1, -0.05) is 0 Å². The fourth-order valence-corrected chi connectivity index (χ4v) is 3.03. The van der Waals surface area contributed by atoms with E-state index in [1.54, 1.807) is 17.4 Å². The summed E-state index contributed by atoms with van der Waals surface area (Å²) in [6, 6.07) is 6.38. The van der Waals surface area contributed by atoms with Crippen LogP contribution in [0, 0.1) is 10.1 Å². The van der Waals surface area contributed by atoms with Gasteiger partial charge >= 0.3 is 0 Å². The lowest BCUT2D eigenvalue weighted by Crippen LogP contribution is -1.96. The van der Waals surface area contributed by atoms with Crippen LogP contribution in [0.2, 0.25) is 0 Å². The zero-order chi connectivity index (χ0) is 13.1. The minimum Gasteiger partial charge on any atom is -0.487 e. The predicted molar refractivity (Wildman–Crippen MR) is 77.1 cm³/mol. The first-order chi connectivity index (χ1) is 8.58. The molecule has 94 valence electrons. The molecule has 0 N–H and O–H groups in total. The summed E-state index contributed by atoms with van der Waals surface area (Å²) in [5.74, 6) is 0.463. The van der Waals surface area contributed by atoms with Gasteiger partial charge in [0.25, 0.3) is 5.69 Å². The Bertz CT molecular complexity index is 585. The number of nitro groups is 1. The second-order valence-corrected chi connectivity index (χ2v) is 6.06. The summed E-state index contributed by atoms with van der Waals surface area (Å²) in [5.41, 5.74) is 0.0124. The molecule has 0 aliphatic heterocycles. The van der Waals surface area contributed by atoms with Gasteiger partial charge in [-0.25, -0.2) is 0 Å². The van der Waals surface area contributed by atoms with Crippen LogP contribution in [-0.2, 0) is 6.61 Å². The molecule has 0 amide bonds. The first kappa shape index (κ1) is 13.5. The van der Waals surface area contributed by atoms with E-state index in [2.05, 4.69) is 31.9 Å². The van der Waals surface area contributed by atoms with E-state index in [4.69, 9.17) is 4.74 Å². The van der Waals surface area contributed by atoms with Crippen molar-refractivity contribution in [2.45, 2.75) is 6.61 Å². The van der Waals surface area contributed by atoms with Crippen molar-refractivity contribution < 1.29 is 9.66 Å². The highest BCUT2D eigenvalue weighted by atomic mass is 79.9. The molecule has 1 aromatic heterocycles. The predicted octanol–water partition coefficient (Wildman–Crippen LogP) is 4.76. The molecule has 0 unspecified atom stereocenters. The number of rotatable bonds is 4. The zero-order valence-electron chi connectivity index (χ0n) is 8.93. The standard InChI is InChI=1S/C11H7Br2NO3S/c12-8-2-1-7(14(15)16)5-10(8)17-6-11-9(13)3-4-18-11/h1-5H,6H2. The SMILES string of the molecule is O=[N+]([O-])c1ccc(Br)c(OCc2sccc2Br)c1. The van der Waals surface area contributed by atoms with Crippen LogP contribution in [0.3, 0.4) is 0 Å². The molecule has 1 aromatic carbocycles. The summed E-state index contributed by atoms with van der Waals surface area (Å²) in [6.45, 7) is 0.373. The summed E-state index contributed by atoms with van der Waals surface area (Å²) in [4.78, 5) is 11.3. The van der Waals surface area contributed by atoms with Crippen LogP contribution < -0.4 is 4.74 Å². The molecule has 1 heterocycles. The minimum absolute atomic E-state index is 0.0124. The molecule has 0 fully saturated rings. The molecule has 18 heavy (non-hydrogen) atoms. The van der Waals surface area contributed by atoms with Crippen molar-refractivity contribution in [1.82, 2.24) is 0 Å². The van der Waals surface area contributed by atoms with E-state index in [0.29, 0.717) is 16.8 Å². The molecule has 2 aromatic rings. The lowest BCUT2D eigenvalue weighted by Gasteiger charge is -2.07. The molecule has 0 saturated carbocycles.